The number of thiophene rings is 1. The van der Waals surface area contributed by atoms with Crippen molar-refractivity contribution in [2.45, 2.75) is 42.7 Å². The van der Waals surface area contributed by atoms with E-state index in [-0.39, 0.29) is 29.5 Å². The van der Waals surface area contributed by atoms with Gasteiger partial charge in [-0.05, 0) is 55.3 Å². The first-order valence-electron chi connectivity index (χ1n) is 9.60. The molecule has 3 heterocycles. The van der Waals surface area contributed by atoms with E-state index in [9.17, 15) is 13.2 Å². The van der Waals surface area contributed by atoms with Gasteiger partial charge in [-0.2, -0.15) is 0 Å². The van der Waals surface area contributed by atoms with Gasteiger partial charge < -0.3 is 9.64 Å². The van der Waals surface area contributed by atoms with E-state index in [0.29, 0.717) is 18.7 Å². The van der Waals surface area contributed by atoms with Gasteiger partial charge in [-0.25, -0.2) is 13.1 Å². The summed E-state index contributed by atoms with van der Waals surface area (Å²) in [6.07, 6.45) is 3.64. The van der Waals surface area contributed by atoms with Crippen molar-refractivity contribution in [3.8, 4) is 0 Å². The number of carbonyl (C=O) groups is 1. The molecule has 2 fully saturated rings. The predicted octanol–water partition coefficient (Wildman–Crippen LogP) is 3.18. The van der Waals surface area contributed by atoms with E-state index in [1.54, 1.807) is 23.5 Å². The number of amides is 1. The van der Waals surface area contributed by atoms with Crippen molar-refractivity contribution in [1.82, 2.24) is 9.62 Å². The predicted molar refractivity (Wildman–Crippen MR) is 108 cm³/mol. The van der Waals surface area contributed by atoms with Crippen LogP contribution >= 0.6 is 11.3 Å². The van der Waals surface area contributed by atoms with Crippen LogP contribution in [0.5, 0.6) is 0 Å². The normalized spacial score (nSPS) is 22.6. The van der Waals surface area contributed by atoms with Gasteiger partial charge in [-0.15, -0.1) is 11.3 Å². The Labute approximate surface area is 169 Å². The number of hydrogen-bond donors (Lipinski definition) is 1. The second kappa shape index (κ2) is 8.32. The first-order chi connectivity index (χ1) is 13.5. The Bertz CT molecular complexity index is 921. The van der Waals surface area contributed by atoms with Crippen molar-refractivity contribution in [3.63, 3.8) is 0 Å². The number of hydrogen-bond acceptors (Lipinski definition) is 5. The van der Waals surface area contributed by atoms with Gasteiger partial charge >= 0.3 is 0 Å². The van der Waals surface area contributed by atoms with Crippen LogP contribution in [0.1, 0.15) is 47.0 Å². The van der Waals surface area contributed by atoms with Crippen LogP contribution in [0.25, 0.3) is 0 Å². The van der Waals surface area contributed by atoms with Crippen LogP contribution in [0.4, 0.5) is 0 Å². The van der Waals surface area contributed by atoms with E-state index in [1.165, 1.54) is 17.0 Å². The summed E-state index contributed by atoms with van der Waals surface area (Å²) in [7, 11) is -3.68. The minimum atomic E-state index is -3.68. The maximum atomic E-state index is 13.1. The van der Waals surface area contributed by atoms with E-state index < -0.39 is 10.0 Å². The van der Waals surface area contributed by atoms with Crippen LogP contribution < -0.4 is 4.72 Å². The number of nitrogens with zero attached hydrogens (tertiary/aromatic N) is 1. The number of likely N-dealkylation sites (tertiary alicyclic amines) is 1. The maximum Gasteiger partial charge on any atom is 0.254 e. The van der Waals surface area contributed by atoms with Crippen LogP contribution in [0.3, 0.4) is 0 Å². The lowest BCUT2D eigenvalue weighted by molar-refractivity contribution is 0.0737. The molecule has 4 rings (SSSR count). The SMILES string of the molecule is O=C(c1cccc(S(=O)(=O)NC[C@H]2CCCO2)c1)N1CCC[C@H]1c1cccs1. The lowest BCUT2D eigenvalue weighted by atomic mass is 10.1. The van der Waals surface area contributed by atoms with Crippen LogP contribution in [-0.2, 0) is 14.8 Å². The smallest absolute Gasteiger partial charge is 0.254 e. The van der Waals surface area contributed by atoms with Crippen LogP contribution in [-0.4, -0.2) is 45.0 Å². The molecule has 1 N–H and O–H groups in total. The molecule has 2 saturated heterocycles. The molecule has 150 valence electrons. The Morgan fingerprint density at radius 1 is 1.21 bits per heavy atom. The van der Waals surface area contributed by atoms with Crippen molar-refractivity contribution >= 4 is 27.3 Å². The zero-order valence-corrected chi connectivity index (χ0v) is 17.2. The number of sulfonamides is 1. The number of ether oxygens (including phenoxy) is 1. The van der Waals surface area contributed by atoms with E-state index in [1.807, 2.05) is 16.3 Å². The Hall–Kier alpha value is -1.74. The third-order valence-electron chi connectivity index (χ3n) is 5.30. The molecule has 0 saturated carbocycles. The fourth-order valence-corrected chi connectivity index (χ4v) is 5.83. The standard InChI is InChI=1S/C20H24N2O4S2/c23-20(22-10-2-8-18(22)19-9-4-12-27-19)15-5-1-7-17(13-15)28(24,25)21-14-16-6-3-11-26-16/h1,4-5,7,9,12-13,16,18,21H,2-3,6,8,10-11,14H2/t16-,18+/m1/s1. The fraction of sp³-hybridized carbons (Fsp3) is 0.450. The Morgan fingerprint density at radius 2 is 2.11 bits per heavy atom. The highest BCUT2D eigenvalue weighted by atomic mass is 32.2. The Morgan fingerprint density at radius 3 is 2.86 bits per heavy atom. The highest BCUT2D eigenvalue weighted by Crippen LogP contribution is 2.35. The third kappa shape index (κ3) is 4.15. The highest BCUT2D eigenvalue weighted by Gasteiger charge is 2.31. The summed E-state index contributed by atoms with van der Waals surface area (Å²) < 4.78 is 33.4. The summed E-state index contributed by atoms with van der Waals surface area (Å²) in [5.74, 6) is -0.118. The van der Waals surface area contributed by atoms with Crippen molar-refractivity contribution in [3.05, 3.63) is 52.2 Å². The molecule has 0 unspecified atom stereocenters. The van der Waals surface area contributed by atoms with Crippen molar-refractivity contribution in [2.75, 3.05) is 19.7 Å². The fourth-order valence-electron chi connectivity index (χ4n) is 3.84. The Kier molecular flexibility index (Phi) is 5.82. The van der Waals surface area contributed by atoms with Gasteiger partial charge in [0.25, 0.3) is 5.91 Å². The number of rotatable bonds is 6. The summed E-state index contributed by atoms with van der Waals surface area (Å²) in [5, 5.41) is 2.02. The van der Waals surface area contributed by atoms with Gasteiger partial charge in [0.15, 0.2) is 0 Å². The average molecular weight is 421 g/mol. The first kappa shape index (κ1) is 19.6. The molecular formula is C20H24N2O4S2. The van der Waals surface area contributed by atoms with Crippen LogP contribution in [0, 0.1) is 0 Å². The molecule has 8 heteroatoms. The van der Waals surface area contributed by atoms with Gasteiger partial charge in [0, 0.05) is 30.1 Å². The van der Waals surface area contributed by atoms with Gasteiger partial charge in [0.1, 0.15) is 0 Å². The third-order valence-corrected chi connectivity index (χ3v) is 7.70. The minimum Gasteiger partial charge on any atom is -0.377 e. The number of benzene rings is 1. The highest BCUT2D eigenvalue weighted by molar-refractivity contribution is 7.89. The zero-order chi connectivity index (χ0) is 19.6. The number of nitrogens with one attached hydrogen (secondary N) is 1. The molecule has 0 bridgehead atoms. The Balaban J connectivity index is 1.50. The van der Waals surface area contributed by atoms with Gasteiger partial charge in [-0.3, -0.25) is 4.79 Å². The van der Waals surface area contributed by atoms with Crippen molar-refractivity contribution in [1.29, 1.82) is 0 Å². The molecule has 1 amide bonds. The monoisotopic (exact) mass is 420 g/mol. The molecule has 0 radical (unpaired) electrons. The second-order valence-electron chi connectivity index (χ2n) is 7.19. The van der Waals surface area contributed by atoms with E-state index in [4.69, 9.17) is 4.74 Å². The summed E-state index contributed by atoms with van der Waals surface area (Å²) in [6, 6.07) is 10.4. The van der Waals surface area contributed by atoms with E-state index >= 15 is 0 Å². The lowest BCUT2D eigenvalue weighted by Gasteiger charge is -2.24. The summed E-state index contributed by atoms with van der Waals surface area (Å²) >= 11 is 1.65. The molecule has 2 atom stereocenters. The molecule has 6 nitrogen and oxygen atoms in total. The molecular weight excluding hydrogens is 396 g/mol. The molecule has 0 aliphatic carbocycles. The van der Waals surface area contributed by atoms with Crippen LogP contribution in [0.15, 0.2) is 46.7 Å². The maximum absolute atomic E-state index is 13.1. The second-order valence-corrected chi connectivity index (χ2v) is 9.93. The average Bonchev–Trinajstić information content (AvgIpc) is 3.48. The van der Waals surface area contributed by atoms with Gasteiger partial charge in [0.05, 0.1) is 17.0 Å². The molecule has 1 aromatic heterocycles. The molecule has 0 spiro atoms. The minimum absolute atomic E-state index is 0.0734. The van der Waals surface area contributed by atoms with Crippen LogP contribution in [0.2, 0.25) is 0 Å². The molecule has 2 aliphatic rings. The summed E-state index contributed by atoms with van der Waals surface area (Å²) in [4.78, 5) is 16.2. The lowest BCUT2D eigenvalue weighted by Crippen LogP contribution is -2.32. The van der Waals surface area contributed by atoms with E-state index in [0.717, 1.165) is 25.7 Å². The van der Waals surface area contributed by atoms with Crippen molar-refractivity contribution < 1.29 is 17.9 Å². The zero-order valence-electron chi connectivity index (χ0n) is 15.5. The molecule has 2 aliphatic heterocycles. The summed E-state index contributed by atoms with van der Waals surface area (Å²) in [5.41, 5.74) is 0.406. The number of carbonyl (C=O) groups excluding carboxylic acids is 1. The van der Waals surface area contributed by atoms with Crippen molar-refractivity contribution in [2.24, 2.45) is 0 Å². The van der Waals surface area contributed by atoms with E-state index in [2.05, 4.69) is 10.8 Å². The quantitative estimate of drug-likeness (QED) is 0.779. The largest absolute Gasteiger partial charge is 0.377 e. The molecule has 2 aromatic rings. The summed E-state index contributed by atoms with van der Waals surface area (Å²) in [6.45, 7) is 1.63. The van der Waals surface area contributed by atoms with Gasteiger partial charge in [0.2, 0.25) is 10.0 Å². The first-order valence-corrected chi connectivity index (χ1v) is 12.0. The topological polar surface area (TPSA) is 75.7 Å². The molecule has 28 heavy (non-hydrogen) atoms. The molecule has 1 aromatic carbocycles. The van der Waals surface area contributed by atoms with Gasteiger partial charge in [-0.1, -0.05) is 12.1 Å².